The first-order valence-corrected chi connectivity index (χ1v) is 10.4. The van der Waals surface area contributed by atoms with E-state index in [1.807, 2.05) is 14.1 Å². The molecule has 2 unspecified atom stereocenters. The smallest absolute Gasteiger partial charge is 0.239 e. The van der Waals surface area contributed by atoms with E-state index in [2.05, 4.69) is 42.3 Å². The number of piperidine rings is 1. The van der Waals surface area contributed by atoms with Crippen molar-refractivity contribution in [2.24, 2.45) is 5.92 Å². The SMILES string of the molecule is CCN(C(C)Cc1ccc2c(c1)CCO2)C(C(=O)N(C)C)C1CCNCC1. The molecule has 1 aromatic rings. The Balaban J connectivity index is 1.77. The molecular formula is C22H35N3O2. The van der Waals surface area contributed by atoms with E-state index >= 15 is 0 Å². The van der Waals surface area contributed by atoms with Gasteiger partial charge in [-0.15, -0.1) is 0 Å². The van der Waals surface area contributed by atoms with Gasteiger partial charge in [0.15, 0.2) is 0 Å². The average molecular weight is 374 g/mol. The number of likely N-dealkylation sites (N-methyl/N-ethyl adjacent to an activating group) is 2. The summed E-state index contributed by atoms with van der Waals surface area (Å²) in [5.41, 5.74) is 2.66. The second-order valence-electron chi connectivity index (χ2n) is 8.19. The first-order chi connectivity index (χ1) is 13.0. The Morgan fingerprint density at radius 2 is 2.04 bits per heavy atom. The van der Waals surface area contributed by atoms with Crippen LogP contribution in [-0.2, 0) is 17.6 Å². The number of hydrogen-bond donors (Lipinski definition) is 1. The van der Waals surface area contributed by atoms with Crippen LogP contribution in [0.3, 0.4) is 0 Å². The summed E-state index contributed by atoms with van der Waals surface area (Å²) in [5.74, 6) is 1.71. The van der Waals surface area contributed by atoms with Gasteiger partial charge in [-0.1, -0.05) is 19.1 Å². The molecule has 0 spiro atoms. The minimum atomic E-state index is -0.0279. The van der Waals surface area contributed by atoms with Crippen molar-refractivity contribution in [2.45, 2.75) is 51.6 Å². The number of nitrogens with zero attached hydrogens (tertiary/aromatic N) is 2. The molecule has 1 amide bonds. The van der Waals surface area contributed by atoms with Gasteiger partial charge in [-0.05, 0) is 68.9 Å². The molecule has 5 nitrogen and oxygen atoms in total. The Kier molecular flexibility index (Phi) is 6.77. The van der Waals surface area contributed by atoms with Crippen molar-refractivity contribution in [3.8, 4) is 5.75 Å². The Morgan fingerprint density at radius 1 is 1.30 bits per heavy atom. The average Bonchev–Trinajstić information content (AvgIpc) is 3.13. The van der Waals surface area contributed by atoms with E-state index in [1.54, 1.807) is 4.90 Å². The van der Waals surface area contributed by atoms with Gasteiger partial charge in [-0.2, -0.15) is 0 Å². The molecule has 0 aromatic heterocycles. The Labute approximate surface area is 164 Å². The lowest BCUT2D eigenvalue weighted by Crippen LogP contribution is -2.55. The third kappa shape index (κ3) is 4.64. The van der Waals surface area contributed by atoms with E-state index in [0.717, 1.165) is 57.7 Å². The van der Waals surface area contributed by atoms with E-state index in [4.69, 9.17) is 4.74 Å². The highest BCUT2D eigenvalue weighted by molar-refractivity contribution is 5.81. The summed E-state index contributed by atoms with van der Waals surface area (Å²) < 4.78 is 5.64. The van der Waals surface area contributed by atoms with Gasteiger partial charge in [-0.3, -0.25) is 9.69 Å². The third-order valence-corrected chi connectivity index (χ3v) is 6.10. The zero-order chi connectivity index (χ0) is 19.4. The minimum Gasteiger partial charge on any atom is -0.493 e. The fourth-order valence-corrected chi connectivity index (χ4v) is 4.65. The highest BCUT2D eigenvalue weighted by atomic mass is 16.5. The zero-order valence-corrected chi connectivity index (χ0v) is 17.3. The first kappa shape index (κ1) is 20.2. The number of carbonyl (C=O) groups excluding carboxylic acids is 1. The van der Waals surface area contributed by atoms with E-state index in [0.29, 0.717) is 12.0 Å². The lowest BCUT2D eigenvalue weighted by Gasteiger charge is -2.41. The number of fused-ring (bicyclic) bond motifs is 1. The highest BCUT2D eigenvalue weighted by Gasteiger charge is 2.36. The summed E-state index contributed by atoms with van der Waals surface area (Å²) in [6.07, 6.45) is 4.11. The summed E-state index contributed by atoms with van der Waals surface area (Å²) in [6.45, 7) is 8.17. The maximum absolute atomic E-state index is 13.1. The molecule has 0 saturated carbocycles. The Morgan fingerprint density at radius 3 is 2.70 bits per heavy atom. The maximum Gasteiger partial charge on any atom is 0.239 e. The van der Waals surface area contributed by atoms with Crippen LogP contribution in [0.15, 0.2) is 18.2 Å². The molecule has 1 saturated heterocycles. The van der Waals surface area contributed by atoms with E-state index in [-0.39, 0.29) is 11.9 Å². The van der Waals surface area contributed by atoms with Crippen LogP contribution in [0.2, 0.25) is 0 Å². The predicted octanol–water partition coefficient (Wildman–Crippen LogP) is 2.33. The summed E-state index contributed by atoms with van der Waals surface area (Å²) in [7, 11) is 3.77. The predicted molar refractivity (Wildman–Crippen MR) is 109 cm³/mol. The number of benzene rings is 1. The fraction of sp³-hybridized carbons (Fsp3) is 0.682. The third-order valence-electron chi connectivity index (χ3n) is 6.10. The van der Waals surface area contributed by atoms with Crippen molar-refractivity contribution in [1.82, 2.24) is 15.1 Å². The maximum atomic E-state index is 13.1. The van der Waals surface area contributed by atoms with Crippen LogP contribution in [-0.4, -0.2) is 68.1 Å². The van der Waals surface area contributed by atoms with Gasteiger partial charge >= 0.3 is 0 Å². The minimum absolute atomic E-state index is 0.0279. The number of ether oxygens (including phenoxy) is 1. The number of nitrogens with one attached hydrogen (secondary N) is 1. The lowest BCUT2D eigenvalue weighted by atomic mass is 9.87. The molecule has 2 atom stereocenters. The van der Waals surface area contributed by atoms with Crippen molar-refractivity contribution >= 4 is 5.91 Å². The van der Waals surface area contributed by atoms with Gasteiger partial charge in [0, 0.05) is 26.6 Å². The molecule has 2 aliphatic heterocycles. The molecule has 150 valence electrons. The van der Waals surface area contributed by atoms with Gasteiger partial charge in [-0.25, -0.2) is 0 Å². The molecule has 0 bridgehead atoms. The number of rotatable bonds is 7. The molecule has 1 N–H and O–H groups in total. The van der Waals surface area contributed by atoms with Crippen LogP contribution >= 0.6 is 0 Å². The van der Waals surface area contributed by atoms with Crippen LogP contribution in [0.25, 0.3) is 0 Å². The largest absolute Gasteiger partial charge is 0.493 e. The summed E-state index contributed by atoms with van der Waals surface area (Å²) in [5, 5.41) is 3.43. The molecular weight excluding hydrogens is 338 g/mol. The van der Waals surface area contributed by atoms with Crippen molar-refractivity contribution in [3.05, 3.63) is 29.3 Å². The van der Waals surface area contributed by atoms with Crippen molar-refractivity contribution < 1.29 is 9.53 Å². The van der Waals surface area contributed by atoms with Crippen LogP contribution in [0.4, 0.5) is 0 Å². The quantitative estimate of drug-likeness (QED) is 0.797. The second-order valence-corrected chi connectivity index (χ2v) is 8.19. The molecule has 1 fully saturated rings. The van der Waals surface area contributed by atoms with Crippen LogP contribution < -0.4 is 10.1 Å². The Hall–Kier alpha value is -1.59. The van der Waals surface area contributed by atoms with Gasteiger partial charge in [0.1, 0.15) is 5.75 Å². The summed E-state index contributed by atoms with van der Waals surface area (Å²) in [6, 6.07) is 6.87. The van der Waals surface area contributed by atoms with Gasteiger partial charge in [0.2, 0.25) is 5.91 Å². The monoisotopic (exact) mass is 373 g/mol. The first-order valence-electron chi connectivity index (χ1n) is 10.4. The molecule has 5 heteroatoms. The normalized spacial score (nSPS) is 19.4. The topological polar surface area (TPSA) is 44.8 Å². The van der Waals surface area contributed by atoms with Crippen LogP contribution in [0, 0.1) is 5.92 Å². The second kappa shape index (κ2) is 9.07. The number of hydrogen-bond acceptors (Lipinski definition) is 4. The summed E-state index contributed by atoms with van der Waals surface area (Å²) in [4.78, 5) is 17.3. The molecule has 3 rings (SSSR count). The highest BCUT2D eigenvalue weighted by Crippen LogP contribution is 2.28. The van der Waals surface area contributed by atoms with E-state index < -0.39 is 0 Å². The van der Waals surface area contributed by atoms with E-state index in [1.165, 1.54) is 11.1 Å². The molecule has 2 heterocycles. The van der Waals surface area contributed by atoms with Crippen molar-refractivity contribution in [1.29, 1.82) is 0 Å². The van der Waals surface area contributed by atoms with Gasteiger partial charge in [0.05, 0.1) is 12.6 Å². The molecule has 0 radical (unpaired) electrons. The standard InChI is InChI=1S/C22H35N3O2/c1-5-25(21(22(26)24(3)4)18-8-11-23-12-9-18)16(2)14-17-6-7-20-19(15-17)10-13-27-20/h6-7,15-16,18,21,23H,5,8-14H2,1-4H3. The van der Waals surface area contributed by atoms with E-state index in [9.17, 15) is 4.79 Å². The molecule has 27 heavy (non-hydrogen) atoms. The lowest BCUT2D eigenvalue weighted by molar-refractivity contribution is -0.138. The van der Waals surface area contributed by atoms with Crippen molar-refractivity contribution in [3.63, 3.8) is 0 Å². The Bertz CT molecular complexity index is 640. The fourth-order valence-electron chi connectivity index (χ4n) is 4.65. The molecule has 0 aliphatic carbocycles. The van der Waals surface area contributed by atoms with Crippen LogP contribution in [0.5, 0.6) is 5.75 Å². The number of carbonyl (C=O) groups is 1. The molecule has 2 aliphatic rings. The molecule has 1 aromatic carbocycles. The zero-order valence-electron chi connectivity index (χ0n) is 17.3. The number of amides is 1. The van der Waals surface area contributed by atoms with Gasteiger partial charge < -0.3 is 15.0 Å². The van der Waals surface area contributed by atoms with Gasteiger partial charge in [0.25, 0.3) is 0 Å². The summed E-state index contributed by atoms with van der Waals surface area (Å²) >= 11 is 0. The van der Waals surface area contributed by atoms with Crippen molar-refractivity contribution in [2.75, 3.05) is 40.3 Å². The van der Waals surface area contributed by atoms with Crippen LogP contribution in [0.1, 0.15) is 37.8 Å².